The summed E-state index contributed by atoms with van der Waals surface area (Å²) in [5, 5.41) is 4.69. The van der Waals surface area contributed by atoms with Crippen LogP contribution in [0, 0.1) is 13.8 Å². The Morgan fingerprint density at radius 2 is 1.06 bits per heavy atom. The normalized spacial score (nSPS) is 11.3. The molecule has 0 saturated heterocycles. The molecule has 4 nitrogen and oxygen atoms in total. The number of hydrogen-bond acceptors (Lipinski definition) is 3. The Hall–Kier alpha value is -3.64. The Labute approximate surface area is 210 Å². The average Bonchev–Trinajstić information content (AvgIpc) is 3.23. The maximum atomic E-state index is 14.0. The molecular weight excluding hydrogens is 539 g/mol. The van der Waals surface area contributed by atoms with Crippen LogP contribution in [0.3, 0.4) is 0 Å². The number of rotatable bonds is 6. The number of aryl methyl sites for hydroxylation is 1. The van der Waals surface area contributed by atoms with E-state index in [1.165, 1.54) is 0 Å². The van der Waals surface area contributed by atoms with Crippen molar-refractivity contribution in [1.29, 1.82) is 0 Å². The van der Waals surface area contributed by atoms with Gasteiger partial charge in [0, 0.05) is 0 Å². The van der Waals surface area contributed by atoms with Crippen LogP contribution in [0.2, 0.25) is 0 Å². The van der Waals surface area contributed by atoms with Crippen LogP contribution in [0.5, 0.6) is 0 Å². The number of benzene rings is 4. The zero-order valence-corrected chi connectivity index (χ0v) is 22.6. The molecule has 172 valence electrons. The third-order valence-electron chi connectivity index (χ3n) is 6.28. The van der Waals surface area contributed by atoms with Gasteiger partial charge in [0.05, 0.1) is 0 Å². The van der Waals surface area contributed by atoms with E-state index in [-0.39, 0.29) is 5.97 Å². The number of aromatic nitrogens is 2. The molecule has 0 atom stereocenters. The number of carbonyl (C=O) groups excluding carboxylic acids is 1. The fraction of sp³-hybridized carbons (Fsp3) is 0.0667. The number of carbonyl (C=O) groups is 1. The number of hydrogen-bond donors (Lipinski definition) is 0. The van der Waals surface area contributed by atoms with Gasteiger partial charge in [-0.2, -0.15) is 0 Å². The molecule has 0 N–H and O–H groups in total. The molecule has 1 aromatic heterocycles. The van der Waals surface area contributed by atoms with Gasteiger partial charge in [-0.25, -0.2) is 0 Å². The van der Waals surface area contributed by atoms with Crippen molar-refractivity contribution in [2.45, 2.75) is 13.8 Å². The summed E-state index contributed by atoms with van der Waals surface area (Å²) < 4.78 is 11.9. The van der Waals surface area contributed by atoms with E-state index in [0.29, 0.717) is 11.3 Å². The molecule has 4 aromatic carbocycles. The Kier molecular flexibility index (Phi) is 6.55. The molecule has 0 radical (unpaired) electrons. The third-order valence-corrected chi connectivity index (χ3v) is 17.5. The van der Waals surface area contributed by atoms with Gasteiger partial charge in [0.2, 0.25) is 0 Å². The molecule has 0 spiro atoms. The van der Waals surface area contributed by atoms with E-state index in [9.17, 15) is 4.79 Å². The van der Waals surface area contributed by atoms with Gasteiger partial charge in [-0.15, -0.1) is 0 Å². The van der Waals surface area contributed by atoms with E-state index in [4.69, 9.17) is 3.07 Å². The predicted octanol–water partition coefficient (Wildman–Crippen LogP) is 4.31. The standard InChI is InChI=1S/C12H12N2O2.3C6H5.Sn/c1-8-11(12(15)16)9(2)14(13-8)10-6-4-3-5-7-10;3*1-2-4-6-5-3-1;/h3-7H,1-2H3,(H,15,16);3*1-5H;/q;;;;+1/p-1. The third kappa shape index (κ3) is 4.30. The van der Waals surface area contributed by atoms with Crippen molar-refractivity contribution in [2.75, 3.05) is 0 Å². The predicted molar refractivity (Wildman–Crippen MR) is 142 cm³/mol. The first kappa shape index (κ1) is 23.1. The summed E-state index contributed by atoms with van der Waals surface area (Å²) in [5.41, 5.74) is 2.87. The van der Waals surface area contributed by atoms with Gasteiger partial charge in [-0.05, 0) is 0 Å². The summed E-state index contributed by atoms with van der Waals surface area (Å²) in [6.07, 6.45) is 0. The van der Waals surface area contributed by atoms with Crippen LogP contribution in [0.1, 0.15) is 21.7 Å². The zero-order chi connectivity index (χ0) is 24.3. The molecule has 0 amide bonds. The summed E-state index contributed by atoms with van der Waals surface area (Å²) >= 11 is -4.22. The first-order chi connectivity index (χ1) is 17.1. The van der Waals surface area contributed by atoms with Crippen LogP contribution >= 0.6 is 0 Å². The molecule has 0 saturated carbocycles. The molecule has 0 aliphatic carbocycles. The summed E-state index contributed by atoms with van der Waals surface area (Å²) in [5.74, 6) is -0.324. The van der Waals surface area contributed by atoms with Gasteiger partial charge < -0.3 is 0 Å². The number of para-hydroxylation sites is 1. The fourth-order valence-electron chi connectivity index (χ4n) is 4.64. The van der Waals surface area contributed by atoms with Gasteiger partial charge in [0.15, 0.2) is 0 Å². The zero-order valence-electron chi connectivity index (χ0n) is 19.8. The summed E-state index contributed by atoms with van der Waals surface area (Å²) in [4.78, 5) is 14.0. The van der Waals surface area contributed by atoms with Crippen molar-refractivity contribution >= 4 is 35.5 Å². The molecule has 0 fully saturated rings. The second-order valence-electron chi connectivity index (χ2n) is 8.46. The molecule has 5 aromatic rings. The topological polar surface area (TPSA) is 44.1 Å². The second kappa shape index (κ2) is 9.92. The van der Waals surface area contributed by atoms with Crippen LogP contribution in [-0.2, 0) is 3.07 Å². The molecule has 0 bridgehead atoms. The van der Waals surface area contributed by atoms with E-state index in [0.717, 1.165) is 22.1 Å². The second-order valence-corrected chi connectivity index (χ2v) is 17.9. The summed E-state index contributed by atoms with van der Waals surface area (Å²) in [7, 11) is 0. The molecule has 5 rings (SSSR count). The van der Waals surface area contributed by atoms with E-state index in [1.807, 2.05) is 103 Å². The Balaban J connectivity index is 1.69. The molecule has 0 aliphatic rings. The molecule has 5 heteroatoms. The van der Waals surface area contributed by atoms with Gasteiger partial charge in [0.1, 0.15) is 0 Å². The van der Waals surface area contributed by atoms with E-state index in [2.05, 4.69) is 41.5 Å². The van der Waals surface area contributed by atoms with E-state index < -0.39 is 18.8 Å². The summed E-state index contributed by atoms with van der Waals surface area (Å²) in [6.45, 7) is 3.79. The first-order valence-electron chi connectivity index (χ1n) is 11.6. The van der Waals surface area contributed by atoms with Crippen LogP contribution in [0.4, 0.5) is 0 Å². The molecule has 35 heavy (non-hydrogen) atoms. The van der Waals surface area contributed by atoms with Crippen LogP contribution in [-0.4, -0.2) is 34.5 Å². The monoisotopic (exact) mass is 566 g/mol. The Morgan fingerprint density at radius 1 is 0.657 bits per heavy atom. The average molecular weight is 565 g/mol. The van der Waals surface area contributed by atoms with Crippen molar-refractivity contribution in [1.82, 2.24) is 9.78 Å². The van der Waals surface area contributed by atoms with Crippen molar-refractivity contribution in [3.8, 4) is 5.69 Å². The molecular formula is C30H26N2O2Sn. The molecule has 1 heterocycles. The van der Waals surface area contributed by atoms with Crippen LogP contribution < -0.4 is 10.7 Å². The van der Waals surface area contributed by atoms with E-state index in [1.54, 1.807) is 0 Å². The SMILES string of the molecule is Cc1nn(-c2ccccc2)c(C)c1C(=O)[O][Sn]([c]1ccccc1)([c]1ccccc1)[c]1ccccc1. The minimum absolute atomic E-state index is 0.324. The maximum absolute atomic E-state index is 14.0. The van der Waals surface area contributed by atoms with Crippen LogP contribution in [0.25, 0.3) is 5.69 Å². The quantitative estimate of drug-likeness (QED) is 0.289. The fourth-order valence-corrected chi connectivity index (χ4v) is 15.3. The van der Waals surface area contributed by atoms with Crippen LogP contribution in [0.15, 0.2) is 121 Å². The van der Waals surface area contributed by atoms with Crippen molar-refractivity contribution < 1.29 is 7.87 Å². The van der Waals surface area contributed by atoms with E-state index >= 15 is 0 Å². The Morgan fingerprint density at radius 3 is 1.49 bits per heavy atom. The van der Waals surface area contributed by atoms with Crippen molar-refractivity contribution in [2.24, 2.45) is 0 Å². The number of nitrogens with zero attached hydrogens (tertiary/aromatic N) is 2. The summed E-state index contributed by atoms with van der Waals surface area (Å²) in [6, 6.07) is 40.5. The minimum atomic E-state index is -4.22. The van der Waals surface area contributed by atoms with Gasteiger partial charge in [0.25, 0.3) is 0 Å². The van der Waals surface area contributed by atoms with Gasteiger partial charge in [-0.3, -0.25) is 0 Å². The van der Waals surface area contributed by atoms with Crippen molar-refractivity contribution in [3.63, 3.8) is 0 Å². The van der Waals surface area contributed by atoms with Gasteiger partial charge in [-0.1, -0.05) is 0 Å². The first-order valence-corrected chi connectivity index (χ1v) is 17.1. The molecule has 0 unspecified atom stereocenters. The van der Waals surface area contributed by atoms with Crippen molar-refractivity contribution in [3.05, 3.63) is 138 Å². The Bertz CT molecular complexity index is 1340. The van der Waals surface area contributed by atoms with Gasteiger partial charge >= 0.3 is 211 Å². The molecule has 0 aliphatic heterocycles.